The van der Waals surface area contributed by atoms with Crippen LogP contribution < -0.4 is 4.90 Å². The molecule has 0 saturated carbocycles. The van der Waals surface area contributed by atoms with E-state index in [0.717, 1.165) is 17.5 Å². The number of nitrogens with zero attached hydrogens (tertiary/aromatic N) is 2. The van der Waals surface area contributed by atoms with E-state index >= 15 is 0 Å². The predicted octanol–water partition coefficient (Wildman–Crippen LogP) is 2.76. The van der Waals surface area contributed by atoms with Gasteiger partial charge in [0, 0.05) is 30.2 Å². The fourth-order valence-electron chi connectivity index (χ4n) is 1.95. The van der Waals surface area contributed by atoms with Crippen molar-refractivity contribution in [3.05, 3.63) is 48.4 Å². The third-order valence-corrected chi connectivity index (χ3v) is 4.90. The molecule has 0 fully saturated rings. The van der Waals surface area contributed by atoms with Gasteiger partial charge in [-0.05, 0) is 0 Å². The van der Waals surface area contributed by atoms with E-state index in [2.05, 4.69) is 11.6 Å². The van der Waals surface area contributed by atoms with E-state index in [0.29, 0.717) is 11.7 Å². The van der Waals surface area contributed by atoms with Gasteiger partial charge in [-0.15, -0.1) is 17.9 Å². The summed E-state index contributed by atoms with van der Waals surface area (Å²) in [7, 11) is -3.18. The lowest BCUT2D eigenvalue weighted by molar-refractivity contribution is -0.118. The number of carbonyl (C=O) groups excluding carboxylic acids is 1. The van der Waals surface area contributed by atoms with Crippen LogP contribution in [0.25, 0.3) is 11.3 Å². The molecule has 0 atom stereocenters. The van der Waals surface area contributed by atoms with Gasteiger partial charge in [0.1, 0.15) is 9.84 Å². The molecule has 0 N–H and O–H groups in total. The van der Waals surface area contributed by atoms with Gasteiger partial charge < -0.3 is 0 Å². The molecule has 2 aromatic rings. The van der Waals surface area contributed by atoms with Crippen molar-refractivity contribution in [2.75, 3.05) is 23.5 Å². The van der Waals surface area contributed by atoms with Crippen LogP contribution in [0.3, 0.4) is 0 Å². The van der Waals surface area contributed by atoms with Crippen LogP contribution in [0.15, 0.2) is 48.4 Å². The maximum Gasteiger partial charge on any atom is 0.230 e. The molecule has 0 aliphatic heterocycles. The van der Waals surface area contributed by atoms with Crippen molar-refractivity contribution in [3.8, 4) is 11.3 Å². The largest absolute Gasteiger partial charge is 0.284 e. The topological polar surface area (TPSA) is 67.3 Å². The first-order valence-corrected chi connectivity index (χ1v) is 9.94. The van der Waals surface area contributed by atoms with Crippen molar-refractivity contribution < 1.29 is 13.2 Å². The van der Waals surface area contributed by atoms with Gasteiger partial charge in [-0.25, -0.2) is 13.4 Å². The first kappa shape index (κ1) is 17.4. The van der Waals surface area contributed by atoms with Gasteiger partial charge in [0.25, 0.3) is 0 Å². The molecular formula is C16H18N2O3S2. The SMILES string of the molecule is C=CCN(C(=O)CCS(C)(=O)=O)c1nc(-c2ccccc2)cs1. The number of carbonyl (C=O) groups is 1. The van der Waals surface area contributed by atoms with Crippen LogP contribution in [0, 0.1) is 0 Å². The number of sulfone groups is 1. The molecule has 0 bridgehead atoms. The second-order valence-corrected chi connectivity index (χ2v) is 8.15. The molecule has 0 radical (unpaired) electrons. The number of amides is 1. The fourth-order valence-corrected chi connectivity index (χ4v) is 3.36. The van der Waals surface area contributed by atoms with Gasteiger partial charge in [-0.1, -0.05) is 36.4 Å². The zero-order valence-corrected chi connectivity index (χ0v) is 14.4. The first-order chi connectivity index (χ1) is 10.9. The Morgan fingerprint density at radius 2 is 2.04 bits per heavy atom. The molecule has 0 saturated heterocycles. The summed E-state index contributed by atoms with van der Waals surface area (Å²) in [4.78, 5) is 18.3. The van der Waals surface area contributed by atoms with Crippen LogP contribution in [-0.2, 0) is 14.6 Å². The van der Waals surface area contributed by atoms with Crippen molar-refractivity contribution >= 4 is 32.2 Å². The van der Waals surface area contributed by atoms with Crippen molar-refractivity contribution in [3.63, 3.8) is 0 Å². The number of rotatable bonds is 7. The Morgan fingerprint density at radius 1 is 1.35 bits per heavy atom. The Kier molecular flexibility index (Phi) is 5.68. The highest BCUT2D eigenvalue weighted by Crippen LogP contribution is 2.27. The Balaban J connectivity index is 2.19. The Hall–Kier alpha value is -1.99. The monoisotopic (exact) mass is 350 g/mol. The standard InChI is InChI=1S/C16H18N2O3S2/c1-3-10-18(15(19)9-11-23(2,20)21)16-17-14(12-22-16)13-7-5-4-6-8-13/h3-8,12H,1,9-11H2,2H3. The van der Waals surface area contributed by atoms with Crippen LogP contribution in [-0.4, -0.2) is 37.9 Å². The number of thiazole rings is 1. The maximum absolute atomic E-state index is 12.3. The average Bonchev–Trinajstić information content (AvgIpc) is 3.00. The molecule has 2 rings (SSSR count). The fraction of sp³-hybridized carbons (Fsp3) is 0.250. The van der Waals surface area contributed by atoms with Gasteiger partial charge >= 0.3 is 0 Å². The zero-order chi connectivity index (χ0) is 16.9. The first-order valence-electron chi connectivity index (χ1n) is 7.00. The van der Waals surface area contributed by atoms with Crippen LogP contribution in [0.1, 0.15) is 6.42 Å². The molecule has 5 nitrogen and oxygen atoms in total. The molecule has 23 heavy (non-hydrogen) atoms. The van der Waals surface area contributed by atoms with Gasteiger partial charge in [-0.2, -0.15) is 0 Å². The molecule has 0 aliphatic rings. The lowest BCUT2D eigenvalue weighted by atomic mass is 10.2. The molecule has 0 spiro atoms. The summed E-state index contributed by atoms with van der Waals surface area (Å²) in [5.74, 6) is -0.444. The third-order valence-electron chi connectivity index (χ3n) is 3.09. The predicted molar refractivity (Wildman–Crippen MR) is 94.4 cm³/mol. The Labute approximate surface area is 140 Å². The highest BCUT2D eigenvalue weighted by Gasteiger charge is 2.19. The summed E-state index contributed by atoms with van der Waals surface area (Å²) in [5, 5.41) is 2.42. The number of aromatic nitrogens is 1. The number of anilines is 1. The van der Waals surface area contributed by atoms with E-state index < -0.39 is 9.84 Å². The van der Waals surface area contributed by atoms with Gasteiger partial charge in [0.05, 0.1) is 11.4 Å². The van der Waals surface area contributed by atoms with Crippen molar-refractivity contribution in [1.82, 2.24) is 4.98 Å². The summed E-state index contributed by atoms with van der Waals surface area (Å²) in [6, 6.07) is 9.67. The van der Waals surface area contributed by atoms with Crippen molar-refractivity contribution in [2.45, 2.75) is 6.42 Å². The second kappa shape index (κ2) is 7.52. The minimum Gasteiger partial charge on any atom is -0.284 e. The molecule has 1 aromatic carbocycles. The van der Waals surface area contributed by atoms with Gasteiger partial charge in [-0.3, -0.25) is 9.69 Å². The van der Waals surface area contributed by atoms with Gasteiger partial charge in [0.15, 0.2) is 5.13 Å². The molecule has 122 valence electrons. The summed E-state index contributed by atoms with van der Waals surface area (Å²) < 4.78 is 22.5. The highest BCUT2D eigenvalue weighted by atomic mass is 32.2. The lowest BCUT2D eigenvalue weighted by Crippen LogP contribution is -2.32. The normalized spacial score (nSPS) is 11.2. The maximum atomic E-state index is 12.3. The van der Waals surface area contributed by atoms with Crippen LogP contribution in [0.4, 0.5) is 5.13 Å². The molecule has 1 amide bonds. The number of hydrogen-bond acceptors (Lipinski definition) is 5. The van der Waals surface area contributed by atoms with E-state index in [-0.39, 0.29) is 18.1 Å². The smallest absolute Gasteiger partial charge is 0.230 e. The van der Waals surface area contributed by atoms with Crippen LogP contribution >= 0.6 is 11.3 Å². The lowest BCUT2D eigenvalue weighted by Gasteiger charge is -2.17. The third kappa shape index (κ3) is 5.01. The number of benzene rings is 1. The minimum atomic E-state index is -3.18. The average molecular weight is 350 g/mol. The van der Waals surface area contributed by atoms with E-state index in [1.54, 1.807) is 6.08 Å². The summed E-state index contributed by atoms with van der Waals surface area (Å²) in [6.45, 7) is 3.94. The molecule has 7 heteroatoms. The van der Waals surface area contributed by atoms with Crippen molar-refractivity contribution in [1.29, 1.82) is 0 Å². The quantitative estimate of drug-likeness (QED) is 0.720. The summed E-state index contributed by atoms with van der Waals surface area (Å²) in [6.07, 6.45) is 2.66. The second-order valence-electron chi connectivity index (χ2n) is 5.05. The van der Waals surface area contributed by atoms with Crippen molar-refractivity contribution in [2.24, 2.45) is 0 Å². The molecular weight excluding hydrogens is 332 g/mol. The number of hydrogen-bond donors (Lipinski definition) is 0. The Bertz CT molecular complexity index is 783. The summed E-state index contributed by atoms with van der Waals surface area (Å²) in [5.41, 5.74) is 1.76. The van der Waals surface area contributed by atoms with E-state index in [4.69, 9.17) is 0 Å². The van der Waals surface area contributed by atoms with Gasteiger partial charge in [0.2, 0.25) is 5.91 Å². The van der Waals surface area contributed by atoms with Crippen LogP contribution in [0.2, 0.25) is 0 Å². The summed E-state index contributed by atoms with van der Waals surface area (Å²) >= 11 is 1.35. The van der Waals surface area contributed by atoms with E-state index in [1.165, 1.54) is 16.2 Å². The van der Waals surface area contributed by atoms with E-state index in [1.807, 2.05) is 35.7 Å². The zero-order valence-electron chi connectivity index (χ0n) is 12.8. The van der Waals surface area contributed by atoms with Crippen LogP contribution in [0.5, 0.6) is 0 Å². The molecule has 0 unspecified atom stereocenters. The molecule has 1 heterocycles. The minimum absolute atomic E-state index is 0.0626. The highest BCUT2D eigenvalue weighted by molar-refractivity contribution is 7.90. The van der Waals surface area contributed by atoms with E-state index in [9.17, 15) is 13.2 Å². The Morgan fingerprint density at radius 3 is 2.65 bits per heavy atom. The molecule has 1 aromatic heterocycles. The molecule has 0 aliphatic carbocycles.